The molecule has 6 nitrogen and oxygen atoms in total. The van der Waals surface area contributed by atoms with Crippen LogP contribution >= 0.6 is 0 Å². The van der Waals surface area contributed by atoms with Gasteiger partial charge in [-0.05, 0) is 24.3 Å². The second-order valence-electron chi connectivity index (χ2n) is 3.35. The molecule has 1 heterocycles. The summed E-state index contributed by atoms with van der Waals surface area (Å²) in [6.07, 6.45) is 2.17. The lowest BCUT2D eigenvalue weighted by Crippen LogP contribution is -1.85. The summed E-state index contributed by atoms with van der Waals surface area (Å²) in [5, 5.41) is 16.0. The Morgan fingerprint density at radius 2 is 2.06 bits per heavy atom. The molecule has 6 heteroatoms. The van der Waals surface area contributed by atoms with E-state index >= 15 is 0 Å². The molecule has 1 N–H and O–H groups in total. The normalized spacial score (nSPS) is 10.7. The first-order valence-electron chi connectivity index (χ1n) is 5.08. The smallest absolute Gasteiger partial charge is 0.328 e. The molecule has 0 unspecified atom stereocenters. The second kappa shape index (κ2) is 5.13. The summed E-state index contributed by atoms with van der Waals surface area (Å²) < 4.78 is 10.3. The van der Waals surface area contributed by atoms with Crippen LogP contribution in [0.2, 0.25) is 0 Å². The third-order valence-electron chi connectivity index (χ3n) is 2.15. The lowest BCUT2D eigenvalue weighted by atomic mass is 10.2. The Morgan fingerprint density at radius 1 is 1.33 bits per heavy atom. The van der Waals surface area contributed by atoms with Gasteiger partial charge >= 0.3 is 5.97 Å². The molecule has 1 aromatic carbocycles. The van der Waals surface area contributed by atoms with E-state index in [-0.39, 0.29) is 5.89 Å². The third-order valence-corrected chi connectivity index (χ3v) is 2.15. The zero-order chi connectivity index (χ0) is 13.0. The predicted octanol–water partition coefficient (Wildman–Crippen LogP) is 1.84. The molecule has 18 heavy (non-hydrogen) atoms. The predicted molar refractivity (Wildman–Crippen MR) is 63.0 cm³/mol. The number of hydrogen-bond donors (Lipinski definition) is 1. The minimum atomic E-state index is -1.07. The van der Waals surface area contributed by atoms with Crippen molar-refractivity contribution in [3.05, 3.63) is 36.2 Å². The van der Waals surface area contributed by atoms with E-state index in [1.165, 1.54) is 6.08 Å². The van der Waals surface area contributed by atoms with Crippen molar-refractivity contribution < 1.29 is 19.1 Å². The first-order valence-corrected chi connectivity index (χ1v) is 5.08. The van der Waals surface area contributed by atoms with Gasteiger partial charge in [-0.2, -0.15) is 0 Å². The number of carbonyl (C=O) groups is 1. The number of methoxy groups -OCH3 is 1. The molecule has 92 valence electrons. The molecule has 0 saturated carbocycles. The number of benzene rings is 1. The Labute approximate surface area is 103 Å². The summed E-state index contributed by atoms with van der Waals surface area (Å²) in [7, 11) is 1.58. The molecule has 0 bridgehead atoms. The van der Waals surface area contributed by atoms with Crippen LogP contribution in [-0.2, 0) is 4.79 Å². The molecular formula is C12H10N2O4. The van der Waals surface area contributed by atoms with Crippen molar-refractivity contribution in [3.8, 4) is 17.2 Å². The van der Waals surface area contributed by atoms with Crippen molar-refractivity contribution in [2.24, 2.45) is 0 Å². The molecule has 0 saturated heterocycles. The van der Waals surface area contributed by atoms with Crippen molar-refractivity contribution in [3.63, 3.8) is 0 Å². The van der Waals surface area contributed by atoms with Gasteiger partial charge < -0.3 is 14.3 Å². The highest BCUT2D eigenvalue weighted by Gasteiger charge is 2.06. The molecule has 0 fully saturated rings. The maximum absolute atomic E-state index is 10.3. The summed E-state index contributed by atoms with van der Waals surface area (Å²) in [6, 6.07) is 7.09. The van der Waals surface area contributed by atoms with Gasteiger partial charge in [0.1, 0.15) is 5.75 Å². The number of carboxylic acids is 1. The number of nitrogens with zero attached hydrogens (tertiary/aromatic N) is 2. The second-order valence-corrected chi connectivity index (χ2v) is 3.35. The van der Waals surface area contributed by atoms with Gasteiger partial charge in [0.25, 0.3) is 0 Å². The summed E-state index contributed by atoms with van der Waals surface area (Å²) >= 11 is 0. The van der Waals surface area contributed by atoms with Gasteiger partial charge in [-0.25, -0.2) is 4.79 Å². The SMILES string of the molecule is COc1ccc(-c2nnc(/C=C/C(=O)O)o2)cc1. The van der Waals surface area contributed by atoms with E-state index in [9.17, 15) is 4.79 Å². The van der Waals surface area contributed by atoms with E-state index in [0.29, 0.717) is 5.89 Å². The standard InChI is InChI=1S/C12H10N2O4/c1-17-9-4-2-8(3-5-9)12-14-13-10(18-12)6-7-11(15)16/h2-7H,1H3,(H,15,16)/b7-6+. The van der Waals surface area contributed by atoms with Gasteiger partial charge in [-0.1, -0.05) is 0 Å². The number of ether oxygens (including phenoxy) is 1. The van der Waals surface area contributed by atoms with Gasteiger partial charge in [-0.3, -0.25) is 0 Å². The molecule has 0 atom stereocenters. The van der Waals surface area contributed by atoms with Crippen LogP contribution in [0.1, 0.15) is 5.89 Å². The highest BCUT2D eigenvalue weighted by Crippen LogP contribution is 2.21. The lowest BCUT2D eigenvalue weighted by molar-refractivity contribution is -0.131. The summed E-state index contributed by atoms with van der Waals surface area (Å²) in [5.74, 6) is 0.120. The van der Waals surface area contributed by atoms with Crippen LogP contribution in [0.5, 0.6) is 5.75 Å². The molecule has 0 amide bonds. The minimum absolute atomic E-state index is 0.142. The number of aromatic nitrogens is 2. The summed E-state index contributed by atoms with van der Waals surface area (Å²) in [4.78, 5) is 10.3. The number of hydrogen-bond acceptors (Lipinski definition) is 5. The molecular weight excluding hydrogens is 236 g/mol. The van der Waals surface area contributed by atoms with E-state index in [4.69, 9.17) is 14.3 Å². The molecule has 0 aliphatic heterocycles. The van der Waals surface area contributed by atoms with Gasteiger partial charge in [0.15, 0.2) is 0 Å². The molecule has 2 rings (SSSR count). The van der Waals surface area contributed by atoms with Crippen molar-refractivity contribution >= 4 is 12.0 Å². The van der Waals surface area contributed by atoms with E-state index in [1.54, 1.807) is 31.4 Å². The van der Waals surface area contributed by atoms with Crippen molar-refractivity contribution in [2.45, 2.75) is 0 Å². The van der Waals surface area contributed by atoms with Crippen LogP contribution in [0.3, 0.4) is 0 Å². The van der Waals surface area contributed by atoms with E-state index in [2.05, 4.69) is 10.2 Å². The summed E-state index contributed by atoms with van der Waals surface area (Å²) in [6.45, 7) is 0. The Kier molecular flexibility index (Phi) is 3.38. The summed E-state index contributed by atoms with van der Waals surface area (Å²) in [5.41, 5.74) is 0.735. The lowest BCUT2D eigenvalue weighted by Gasteiger charge is -1.98. The molecule has 0 spiro atoms. The maximum Gasteiger partial charge on any atom is 0.328 e. The number of rotatable bonds is 4. The first-order chi connectivity index (χ1) is 8.69. The van der Waals surface area contributed by atoms with Crippen LogP contribution in [0.4, 0.5) is 0 Å². The maximum atomic E-state index is 10.3. The Balaban J connectivity index is 2.20. The monoisotopic (exact) mass is 246 g/mol. The molecule has 0 aliphatic carbocycles. The van der Waals surface area contributed by atoms with E-state index in [0.717, 1.165) is 17.4 Å². The fourth-order valence-corrected chi connectivity index (χ4v) is 1.29. The third kappa shape index (κ3) is 2.73. The van der Waals surface area contributed by atoms with Crippen LogP contribution in [0.25, 0.3) is 17.5 Å². The quantitative estimate of drug-likeness (QED) is 0.828. The van der Waals surface area contributed by atoms with Crippen molar-refractivity contribution in [2.75, 3.05) is 7.11 Å². The highest BCUT2D eigenvalue weighted by molar-refractivity contribution is 5.84. The van der Waals surface area contributed by atoms with Crippen molar-refractivity contribution in [1.29, 1.82) is 0 Å². The van der Waals surface area contributed by atoms with Gasteiger partial charge in [0, 0.05) is 17.7 Å². The van der Waals surface area contributed by atoms with Crippen LogP contribution in [0.15, 0.2) is 34.8 Å². The van der Waals surface area contributed by atoms with Gasteiger partial charge in [0.2, 0.25) is 11.8 Å². The highest BCUT2D eigenvalue weighted by atomic mass is 16.5. The first kappa shape index (κ1) is 11.8. The van der Waals surface area contributed by atoms with Gasteiger partial charge in [-0.15, -0.1) is 10.2 Å². The zero-order valence-electron chi connectivity index (χ0n) is 9.53. The molecule has 2 aromatic rings. The molecule has 0 radical (unpaired) electrons. The zero-order valence-corrected chi connectivity index (χ0v) is 9.53. The average Bonchev–Trinajstić information content (AvgIpc) is 2.85. The van der Waals surface area contributed by atoms with E-state index < -0.39 is 5.97 Å². The van der Waals surface area contributed by atoms with Gasteiger partial charge in [0.05, 0.1) is 7.11 Å². The minimum Gasteiger partial charge on any atom is -0.497 e. The number of carboxylic acid groups (broad SMARTS) is 1. The fraction of sp³-hybridized carbons (Fsp3) is 0.0833. The molecule has 0 aliphatic rings. The molecule has 1 aromatic heterocycles. The fourth-order valence-electron chi connectivity index (χ4n) is 1.29. The van der Waals surface area contributed by atoms with Crippen LogP contribution < -0.4 is 4.74 Å². The van der Waals surface area contributed by atoms with Crippen LogP contribution in [0, 0.1) is 0 Å². The Hall–Kier alpha value is -2.63. The largest absolute Gasteiger partial charge is 0.497 e. The van der Waals surface area contributed by atoms with Crippen molar-refractivity contribution in [1.82, 2.24) is 10.2 Å². The number of aliphatic carboxylic acids is 1. The van der Waals surface area contributed by atoms with Crippen LogP contribution in [-0.4, -0.2) is 28.4 Å². The Morgan fingerprint density at radius 3 is 2.67 bits per heavy atom. The average molecular weight is 246 g/mol. The topological polar surface area (TPSA) is 85.5 Å². The van der Waals surface area contributed by atoms with E-state index in [1.807, 2.05) is 0 Å². The Bertz CT molecular complexity index is 572.